The van der Waals surface area contributed by atoms with Crippen LogP contribution in [0, 0.1) is 31.6 Å². The van der Waals surface area contributed by atoms with Gasteiger partial charge in [0.05, 0.1) is 39.5 Å². The predicted octanol–water partition coefficient (Wildman–Crippen LogP) is 5.27. The van der Waals surface area contributed by atoms with Crippen LogP contribution in [0.15, 0.2) is 46.6 Å². The zero-order chi connectivity index (χ0) is 21.7. The van der Waals surface area contributed by atoms with Crippen LogP contribution in [0.4, 0.5) is 27.8 Å². The van der Waals surface area contributed by atoms with Crippen molar-refractivity contribution in [2.45, 2.75) is 13.3 Å². The number of hydrogen-bond acceptors (Lipinski definition) is 10. The maximum atomic E-state index is 11.2. The molecule has 0 N–H and O–H groups in total. The summed E-state index contributed by atoms with van der Waals surface area (Å²) in [5.41, 5.74) is 0.666. The molecule has 0 atom stereocenters. The SMILES string of the molecule is CCN(CCC#N)c1ccc(N=Nc2snc3c([N+](=O)[O-])cc([N+](=O)[O-])cc23)cc1. The van der Waals surface area contributed by atoms with E-state index < -0.39 is 21.2 Å². The van der Waals surface area contributed by atoms with Crippen molar-refractivity contribution in [2.24, 2.45) is 10.2 Å². The minimum atomic E-state index is -0.708. The van der Waals surface area contributed by atoms with Gasteiger partial charge in [-0.3, -0.25) is 20.2 Å². The molecule has 0 saturated carbocycles. The number of fused-ring (bicyclic) bond motifs is 1. The number of azo groups is 1. The highest BCUT2D eigenvalue weighted by molar-refractivity contribution is 7.11. The summed E-state index contributed by atoms with van der Waals surface area (Å²) in [5.74, 6) is 0. The van der Waals surface area contributed by atoms with Crippen molar-refractivity contribution in [3.63, 3.8) is 0 Å². The normalized spacial score (nSPS) is 10.9. The molecule has 30 heavy (non-hydrogen) atoms. The van der Waals surface area contributed by atoms with Crippen LogP contribution in [0.2, 0.25) is 0 Å². The fourth-order valence-corrected chi connectivity index (χ4v) is 3.51. The van der Waals surface area contributed by atoms with E-state index in [1.807, 2.05) is 19.1 Å². The van der Waals surface area contributed by atoms with Gasteiger partial charge in [0.15, 0.2) is 10.5 Å². The number of benzene rings is 2. The summed E-state index contributed by atoms with van der Waals surface area (Å²) in [6.45, 7) is 3.38. The second-order valence-electron chi connectivity index (χ2n) is 6.07. The molecule has 2 aromatic carbocycles. The number of hydrogen-bond donors (Lipinski definition) is 0. The van der Waals surface area contributed by atoms with Gasteiger partial charge in [-0.25, -0.2) is 0 Å². The third-order valence-corrected chi connectivity index (χ3v) is 5.03. The molecule has 152 valence electrons. The van der Waals surface area contributed by atoms with Crippen molar-refractivity contribution < 1.29 is 9.85 Å². The van der Waals surface area contributed by atoms with Crippen LogP contribution in [0.5, 0.6) is 0 Å². The highest BCUT2D eigenvalue weighted by atomic mass is 32.1. The first-order chi connectivity index (χ1) is 14.4. The van der Waals surface area contributed by atoms with Gasteiger partial charge in [-0.15, -0.1) is 10.2 Å². The van der Waals surface area contributed by atoms with Gasteiger partial charge in [-0.05, 0) is 42.7 Å². The predicted molar refractivity (Wildman–Crippen MR) is 112 cm³/mol. The molecule has 0 spiro atoms. The van der Waals surface area contributed by atoms with Gasteiger partial charge in [-0.1, -0.05) is 0 Å². The Morgan fingerprint density at radius 1 is 1.17 bits per heavy atom. The minimum Gasteiger partial charge on any atom is -0.371 e. The molecule has 3 rings (SSSR count). The van der Waals surface area contributed by atoms with Gasteiger partial charge >= 0.3 is 5.69 Å². The van der Waals surface area contributed by atoms with E-state index in [2.05, 4.69) is 25.6 Å². The monoisotopic (exact) mass is 425 g/mol. The van der Waals surface area contributed by atoms with Crippen molar-refractivity contribution in [2.75, 3.05) is 18.0 Å². The molecule has 0 unspecified atom stereocenters. The number of aromatic nitrogens is 1. The molecule has 0 aliphatic carbocycles. The zero-order valence-electron chi connectivity index (χ0n) is 15.8. The molecule has 1 heterocycles. The van der Waals surface area contributed by atoms with E-state index in [9.17, 15) is 20.2 Å². The van der Waals surface area contributed by atoms with E-state index in [-0.39, 0.29) is 15.9 Å². The summed E-state index contributed by atoms with van der Waals surface area (Å²) in [4.78, 5) is 23.0. The smallest absolute Gasteiger partial charge is 0.303 e. The molecule has 0 amide bonds. The Balaban J connectivity index is 1.90. The lowest BCUT2D eigenvalue weighted by molar-refractivity contribution is -0.393. The Kier molecular flexibility index (Phi) is 6.23. The minimum absolute atomic E-state index is 0.0379. The van der Waals surface area contributed by atoms with Crippen LogP contribution in [-0.2, 0) is 0 Å². The maximum Gasteiger partial charge on any atom is 0.303 e. The zero-order valence-corrected chi connectivity index (χ0v) is 16.6. The molecule has 12 heteroatoms. The number of anilines is 1. The first-order valence-corrected chi connectivity index (χ1v) is 9.57. The van der Waals surface area contributed by atoms with E-state index in [0.717, 1.165) is 29.8 Å². The summed E-state index contributed by atoms with van der Waals surface area (Å²) in [6.07, 6.45) is 0.423. The molecule has 11 nitrogen and oxygen atoms in total. The van der Waals surface area contributed by atoms with Gasteiger partial charge in [0.2, 0.25) is 0 Å². The third-order valence-electron chi connectivity index (χ3n) is 4.28. The van der Waals surface area contributed by atoms with E-state index >= 15 is 0 Å². The first-order valence-electron chi connectivity index (χ1n) is 8.80. The largest absolute Gasteiger partial charge is 0.371 e. The van der Waals surface area contributed by atoms with Crippen molar-refractivity contribution in [1.29, 1.82) is 5.26 Å². The van der Waals surface area contributed by atoms with Crippen molar-refractivity contribution in [3.8, 4) is 6.07 Å². The van der Waals surface area contributed by atoms with Crippen LogP contribution in [0.3, 0.4) is 0 Å². The lowest BCUT2D eigenvalue weighted by Gasteiger charge is -2.21. The van der Waals surface area contributed by atoms with Crippen molar-refractivity contribution in [3.05, 3.63) is 56.6 Å². The molecule has 0 bridgehead atoms. The number of nitro groups is 2. The summed E-state index contributed by atoms with van der Waals surface area (Å²) >= 11 is 0.879. The molecule has 0 aliphatic rings. The fourth-order valence-electron chi connectivity index (χ4n) is 2.81. The Morgan fingerprint density at radius 3 is 2.50 bits per heavy atom. The standard InChI is InChI=1S/C18H15N7O4S/c1-2-23(9-3-8-19)13-6-4-12(5-7-13)20-21-18-15-10-14(24(26)27)11-16(25(28)29)17(15)22-30-18/h4-7,10-11H,2-3,9H2,1H3. The van der Waals surface area contributed by atoms with Gasteiger partial charge in [0, 0.05) is 24.8 Å². The Bertz CT molecular complexity index is 1170. The summed E-state index contributed by atoms with van der Waals surface area (Å²) < 4.78 is 4.02. The second-order valence-corrected chi connectivity index (χ2v) is 6.82. The molecule has 0 saturated heterocycles. The van der Waals surface area contributed by atoms with Crippen LogP contribution in [0.1, 0.15) is 13.3 Å². The molecule has 1 aromatic heterocycles. The number of non-ortho nitro benzene ring substituents is 2. The quantitative estimate of drug-likeness (QED) is 0.271. The Morgan fingerprint density at radius 2 is 1.90 bits per heavy atom. The van der Waals surface area contributed by atoms with Crippen LogP contribution in [-0.4, -0.2) is 27.3 Å². The van der Waals surface area contributed by atoms with Crippen LogP contribution < -0.4 is 4.90 Å². The number of nitrogens with zero attached hydrogens (tertiary/aromatic N) is 7. The van der Waals surface area contributed by atoms with E-state index in [0.29, 0.717) is 18.7 Å². The summed E-state index contributed by atoms with van der Waals surface area (Å²) in [6, 6.07) is 11.4. The van der Waals surface area contributed by atoms with Crippen LogP contribution in [0.25, 0.3) is 10.9 Å². The summed E-state index contributed by atoms with van der Waals surface area (Å²) in [7, 11) is 0. The number of nitro benzene ring substituents is 2. The molecule has 0 aliphatic heterocycles. The first kappa shape index (κ1) is 20.7. The third kappa shape index (κ3) is 4.36. The Hall–Kier alpha value is -3.98. The summed E-state index contributed by atoms with van der Waals surface area (Å²) in [5, 5.41) is 39.7. The Labute approximate surface area is 174 Å². The second kappa shape index (κ2) is 9.01. The van der Waals surface area contributed by atoms with Gasteiger partial charge in [0.25, 0.3) is 5.69 Å². The fraction of sp³-hybridized carbons (Fsp3) is 0.222. The van der Waals surface area contributed by atoms with E-state index in [4.69, 9.17) is 5.26 Å². The average Bonchev–Trinajstić information content (AvgIpc) is 3.15. The molecule has 0 radical (unpaired) electrons. The van der Waals surface area contributed by atoms with Crippen molar-refractivity contribution >= 4 is 50.2 Å². The highest BCUT2D eigenvalue weighted by Gasteiger charge is 2.23. The number of nitriles is 1. The van der Waals surface area contributed by atoms with Gasteiger partial charge in [0.1, 0.15) is 0 Å². The molecule has 3 aromatic rings. The average molecular weight is 425 g/mol. The topological polar surface area (TPSA) is 151 Å². The van der Waals surface area contributed by atoms with Gasteiger partial charge < -0.3 is 4.90 Å². The highest BCUT2D eigenvalue weighted by Crippen LogP contribution is 2.39. The maximum absolute atomic E-state index is 11.2. The molecular weight excluding hydrogens is 410 g/mol. The lowest BCUT2D eigenvalue weighted by Crippen LogP contribution is -2.23. The van der Waals surface area contributed by atoms with E-state index in [1.54, 1.807) is 12.1 Å². The lowest BCUT2D eigenvalue weighted by atomic mass is 10.2. The van der Waals surface area contributed by atoms with Crippen LogP contribution >= 0.6 is 11.5 Å². The van der Waals surface area contributed by atoms with Crippen molar-refractivity contribution in [1.82, 2.24) is 4.37 Å². The van der Waals surface area contributed by atoms with E-state index in [1.165, 1.54) is 6.07 Å². The molecule has 0 fully saturated rings. The number of rotatable bonds is 8. The van der Waals surface area contributed by atoms with Gasteiger partial charge in [-0.2, -0.15) is 9.64 Å². The molecular formula is C18H15N7O4S.